The lowest BCUT2D eigenvalue weighted by Gasteiger charge is -2.38. The molecule has 3 aromatic heterocycles. The monoisotopic (exact) mass is 416 g/mol. The molecule has 0 atom stereocenters. The number of hydrogen-bond donors (Lipinski definition) is 2. The van der Waals surface area contributed by atoms with Crippen LogP contribution in [0.3, 0.4) is 0 Å². The lowest BCUT2D eigenvalue weighted by Crippen LogP contribution is -2.43. The number of piperidine rings is 1. The van der Waals surface area contributed by atoms with Crippen LogP contribution in [0.1, 0.15) is 29.8 Å². The molecule has 8 nitrogen and oxygen atoms in total. The lowest BCUT2D eigenvalue weighted by atomic mass is 9.84. The lowest BCUT2D eigenvalue weighted by molar-refractivity contribution is 0.0115. The summed E-state index contributed by atoms with van der Waals surface area (Å²) in [6.45, 7) is 5.16. The Kier molecular flexibility index (Phi) is 4.59. The first-order valence-corrected chi connectivity index (χ1v) is 10.3. The molecule has 158 valence electrons. The van der Waals surface area contributed by atoms with Crippen LogP contribution in [-0.2, 0) is 5.60 Å². The molecule has 0 saturated carbocycles. The first-order chi connectivity index (χ1) is 14.9. The van der Waals surface area contributed by atoms with E-state index >= 15 is 0 Å². The van der Waals surface area contributed by atoms with E-state index in [2.05, 4.69) is 14.9 Å². The minimum absolute atomic E-state index is 0.197. The summed E-state index contributed by atoms with van der Waals surface area (Å²) in [5, 5.41) is 20.7. The number of aliphatic hydroxyl groups is 1. The predicted molar refractivity (Wildman–Crippen MR) is 117 cm³/mol. The molecule has 5 rings (SSSR count). The summed E-state index contributed by atoms with van der Waals surface area (Å²) in [5.74, 6) is 0.841. The zero-order chi connectivity index (χ0) is 21.6. The molecule has 1 aliphatic heterocycles. The summed E-state index contributed by atoms with van der Waals surface area (Å²) in [7, 11) is 0. The fourth-order valence-corrected chi connectivity index (χ4v) is 4.17. The molecular formula is C23H24N6O2. The van der Waals surface area contributed by atoms with Gasteiger partial charge in [-0.3, -0.25) is 9.55 Å². The van der Waals surface area contributed by atoms with Gasteiger partial charge in [-0.15, -0.1) is 0 Å². The molecule has 1 saturated heterocycles. The highest BCUT2D eigenvalue weighted by molar-refractivity contribution is 5.76. The molecule has 1 fully saturated rings. The van der Waals surface area contributed by atoms with Gasteiger partial charge in [0.1, 0.15) is 17.6 Å². The van der Waals surface area contributed by atoms with Crippen molar-refractivity contribution in [2.24, 2.45) is 0 Å². The maximum Gasteiger partial charge on any atom is 0.227 e. The molecular weight excluding hydrogens is 392 g/mol. The Bertz CT molecular complexity index is 1240. The number of phenolic OH excluding ortho intramolecular Hbond substituents is 1. The van der Waals surface area contributed by atoms with E-state index < -0.39 is 5.60 Å². The number of anilines is 1. The summed E-state index contributed by atoms with van der Waals surface area (Å²) >= 11 is 0. The van der Waals surface area contributed by atoms with Gasteiger partial charge in [0, 0.05) is 25.0 Å². The number of nitrogens with zero attached hydrogens (tertiary/aromatic N) is 6. The number of pyridine rings is 1. The zero-order valence-corrected chi connectivity index (χ0v) is 17.5. The fraction of sp³-hybridized carbons (Fsp3) is 0.304. The second-order valence-electron chi connectivity index (χ2n) is 8.12. The van der Waals surface area contributed by atoms with Gasteiger partial charge in [0.25, 0.3) is 0 Å². The summed E-state index contributed by atoms with van der Waals surface area (Å²) < 4.78 is 1.96. The van der Waals surface area contributed by atoms with Gasteiger partial charge < -0.3 is 15.1 Å². The Labute approximate surface area is 179 Å². The van der Waals surface area contributed by atoms with Crippen molar-refractivity contribution in [3.63, 3.8) is 0 Å². The van der Waals surface area contributed by atoms with Crippen LogP contribution in [0.25, 0.3) is 16.9 Å². The largest absolute Gasteiger partial charge is 0.508 e. The smallest absolute Gasteiger partial charge is 0.227 e. The van der Waals surface area contributed by atoms with Crippen molar-refractivity contribution in [3.8, 4) is 11.4 Å². The number of aromatic hydroxyl groups is 1. The van der Waals surface area contributed by atoms with Crippen LogP contribution < -0.4 is 4.90 Å². The van der Waals surface area contributed by atoms with E-state index in [0.29, 0.717) is 31.9 Å². The minimum atomic E-state index is -0.917. The highest BCUT2D eigenvalue weighted by Crippen LogP contribution is 2.35. The van der Waals surface area contributed by atoms with Crippen LogP contribution in [0.2, 0.25) is 0 Å². The number of fused-ring (bicyclic) bond motifs is 1. The molecule has 0 amide bonds. The van der Waals surface area contributed by atoms with Crippen LogP contribution in [0, 0.1) is 13.8 Å². The summed E-state index contributed by atoms with van der Waals surface area (Å²) in [6, 6.07) is 10.7. The van der Waals surface area contributed by atoms with E-state index in [1.165, 1.54) is 0 Å². The highest BCUT2D eigenvalue weighted by atomic mass is 16.3. The number of benzene rings is 1. The van der Waals surface area contributed by atoms with Gasteiger partial charge in [0.15, 0.2) is 5.65 Å². The van der Waals surface area contributed by atoms with E-state index in [0.717, 1.165) is 33.8 Å². The second-order valence-corrected chi connectivity index (χ2v) is 8.12. The van der Waals surface area contributed by atoms with Crippen molar-refractivity contribution in [2.75, 3.05) is 18.0 Å². The van der Waals surface area contributed by atoms with Gasteiger partial charge in [-0.2, -0.15) is 4.98 Å². The number of rotatable bonds is 3. The van der Waals surface area contributed by atoms with Crippen molar-refractivity contribution < 1.29 is 10.2 Å². The first kappa shape index (κ1) is 19.4. The Morgan fingerprint density at radius 2 is 1.71 bits per heavy atom. The standard InChI is InChI=1S/C23H24N6O2/c1-15-13-18(7-10-24-15)29-14-25-20-16(2)26-22(27-21(20)29)28-11-8-23(31,9-12-28)17-3-5-19(30)6-4-17/h3-7,10,13-14,30-31H,8-9,11-12H2,1-2H3. The third kappa shape index (κ3) is 3.48. The Morgan fingerprint density at radius 1 is 0.968 bits per heavy atom. The van der Waals surface area contributed by atoms with Crippen LogP contribution in [0.4, 0.5) is 5.95 Å². The molecule has 0 bridgehead atoms. The SMILES string of the molecule is Cc1cc(-n2cnc3c(C)nc(N4CCC(O)(c5ccc(O)cc5)CC4)nc32)ccn1. The summed E-state index contributed by atoms with van der Waals surface area (Å²) in [4.78, 5) is 20.4. The minimum Gasteiger partial charge on any atom is -0.508 e. The second kappa shape index (κ2) is 7.31. The van der Waals surface area contributed by atoms with E-state index in [-0.39, 0.29) is 5.75 Å². The third-order valence-electron chi connectivity index (χ3n) is 6.00. The van der Waals surface area contributed by atoms with Gasteiger partial charge in [-0.25, -0.2) is 9.97 Å². The normalized spacial score (nSPS) is 16.0. The third-order valence-corrected chi connectivity index (χ3v) is 6.00. The van der Waals surface area contributed by atoms with E-state index in [1.54, 1.807) is 36.8 Å². The van der Waals surface area contributed by atoms with Crippen molar-refractivity contribution in [2.45, 2.75) is 32.3 Å². The van der Waals surface area contributed by atoms with Crippen molar-refractivity contribution in [1.29, 1.82) is 0 Å². The number of hydrogen-bond acceptors (Lipinski definition) is 7. The molecule has 1 aliphatic rings. The Balaban J connectivity index is 1.45. The van der Waals surface area contributed by atoms with Crippen LogP contribution >= 0.6 is 0 Å². The Hall–Kier alpha value is -3.52. The van der Waals surface area contributed by atoms with Gasteiger partial charge in [0.05, 0.1) is 17.0 Å². The van der Waals surface area contributed by atoms with Crippen LogP contribution in [0.15, 0.2) is 48.9 Å². The van der Waals surface area contributed by atoms with Gasteiger partial charge in [0.2, 0.25) is 5.95 Å². The van der Waals surface area contributed by atoms with E-state index in [9.17, 15) is 10.2 Å². The van der Waals surface area contributed by atoms with Crippen molar-refractivity contribution >= 4 is 17.1 Å². The quantitative estimate of drug-likeness (QED) is 0.529. The average molecular weight is 416 g/mol. The molecule has 0 unspecified atom stereocenters. The van der Waals surface area contributed by atoms with E-state index in [4.69, 9.17) is 9.97 Å². The molecule has 0 spiro atoms. The number of imidazole rings is 1. The molecule has 0 aliphatic carbocycles. The molecule has 4 aromatic rings. The average Bonchev–Trinajstić information content (AvgIpc) is 3.19. The van der Waals surface area contributed by atoms with Gasteiger partial charge in [-0.05, 0) is 56.5 Å². The topological polar surface area (TPSA) is 100 Å². The summed E-state index contributed by atoms with van der Waals surface area (Å²) in [5.41, 5.74) is 4.14. The maximum absolute atomic E-state index is 11.1. The molecule has 8 heteroatoms. The molecule has 2 N–H and O–H groups in total. The molecule has 4 heterocycles. The number of aromatic nitrogens is 5. The molecule has 31 heavy (non-hydrogen) atoms. The van der Waals surface area contributed by atoms with E-state index in [1.807, 2.05) is 30.5 Å². The number of phenols is 1. The zero-order valence-electron chi connectivity index (χ0n) is 17.5. The molecule has 0 radical (unpaired) electrons. The van der Waals surface area contributed by atoms with Gasteiger partial charge >= 0.3 is 0 Å². The first-order valence-electron chi connectivity index (χ1n) is 10.3. The van der Waals surface area contributed by atoms with Gasteiger partial charge in [-0.1, -0.05) is 12.1 Å². The predicted octanol–water partition coefficient (Wildman–Crippen LogP) is 3.02. The van der Waals surface area contributed by atoms with Crippen LogP contribution in [0.5, 0.6) is 5.75 Å². The van der Waals surface area contributed by atoms with Crippen molar-refractivity contribution in [1.82, 2.24) is 24.5 Å². The maximum atomic E-state index is 11.1. The highest BCUT2D eigenvalue weighted by Gasteiger charge is 2.35. The summed E-state index contributed by atoms with van der Waals surface area (Å²) in [6.07, 6.45) is 4.66. The Morgan fingerprint density at radius 3 is 2.42 bits per heavy atom. The van der Waals surface area contributed by atoms with Crippen molar-refractivity contribution in [3.05, 3.63) is 65.9 Å². The fourth-order valence-electron chi connectivity index (χ4n) is 4.17. The molecule has 1 aromatic carbocycles. The van der Waals surface area contributed by atoms with Crippen LogP contribution in [-0.4, -0.2) is 47.8 Å². The number of aryl methyl sites for hydroxylation is 2.